The van der Waals surface area contributed by atoms with Gasteiger partial charge in [-0.3, -0.25) is 4.90 Å². The molecule has 1 fully saturated rings. The van der Waals surface area contributed by atoms with Gasteiger partial charge in [-0.05, 0) is 38.9 Å². The lowest BCUT2D eigenvalue weighted by Crippen LogP contribution is -2.37. The maximum absolute atomic E-state index is 4.75. The number of para-hydroxylation sites is 1. The van der Waals surface area contributed by atoms with Crippen molar-refractivity contribution in [2.75, 3.05) is 13.1 Å². The zero-order valence-electron chi connectivity index (χ0n) is 11.6. The number of hydrogen-bond acceptors (Lipinski definition) is 4. The Bertz CT molecular complexity index is 518. The van der Waals surface area contributed by atoms with E-state index < -0.39 is 0 Å². The molecular weight excluding hydrogens is 254 g/mol. The second-order valence-electron chi connectivity index (χ2n) is 5.50. The van der Waals surface area contributed by atoms with Crippen LogP contribution in [-0.2, 0) is 6.54 Å². The third kappa shape index (κ3) is 2.96. The van der Waals surface area contributed by atoms with Crippen LogP contribution in [0.4, 0.5) is 0 Å². The SMILES string of the molecule is CC1CN(Cc2nc3ccccc3s2)C(C)CCN1. The largest absolute Gasteiger partial charge is 0.313 e. The van der Waals surface area contributed by atoms with Gasteiger partial charge in [-0.2, -0.15) is 0 Å². The molecule has 1 aliphatic heterocycles. The first-order chi connectivity index (χ1) is 9.22. The lowest BCUT2D eigenvalue weighted by atomic mass is 10.2. The van der Waals surface area contributed by atoms with Crippen molar-refractivity contribution in [3.63, 3.8) is 0 Å². The van der Waals surface area contributed by atoms with Crippen molar-refractivity contribution in [2.24, 2.45) is 0 Å². The zero-order valence-corrected chi connectivity index (χ0v) is 12.4. The number of aromatic nitrogens is 1. The highest BCUT2D eigenvalue weighted by Crippen LogP contribution is 2.24. The van der Waals surface area contributed by atoms with Crippen LogP contribution < -0.4 is 5.32 Å². The first-order valence-electron chi connectivity index (χ1n) is 7.04. The van der Waals surface area contributed by atoms with E-state index in [4.69, 9.17) is 4.98 Å². The van der Waals surface area contributed by atoms with Crippen LogP contribution in [0.1, 0.15) is 25.3 Å². The fourth-order valence-electron chi connectivity index (χ4n) is 2.70. The van der Waals surface area contributed by atoms with Gasteiger partial charge in [0.2, 0.25) is 0 Å². The van der Waals surface area contributed by atoms with Gasteiger partial charge >= 0.3 is 0 Å². The molecule has 1 aromatic carbocycles. The Hall–Kier alpha value is -0.970. The minimum atomic E-state index is 0.569. The van der Waals surface area contributed by atoms with Gasteiger partial charge in [0, 0.05) is 18.6 Å². The predicted octanol–water partition coefficient (Wildman–Crippen LogP) is 2.87. The van der Waals surface area contributed by atoms with Crippen LogP contribution in [0.15, 0.2) is 24.3 Å². The van der Waals surface area contributed by atoms with Crippen molar-refractivity contribution < 1.29 is 0 Å². The Balaban J connectivity index is 1.78. The monoisotopic (exact) mass is 275 g/mol. The van der Waals surface area contributed by atoms with Crippen molar-refractivity contribution in [3.8, 4) is 0 Å². The second-order valence-corrected chi connectivity index (χ2v) is 6.61. The molecule has 4 heteroatoms. The minimum absolute atomic E-state index is 0.569. The summed E-state index contributed by atoms with van der Waals surface area (Å²) in [7, 11) is 0. The predicted molar refractivity (Wildman–Crippen MR) is 81.6 cm³/mol. The molecule has 1 N–H and O–H groups in total. The van der Waals surface area contributed by atoms with Crippen LogP contribution in [0.3, 0.4) is 0 Å². The van der Waals surface area contributed by atoms with E-state index >= 15 is 0 Å². The summed E-state index contributed by atoms with van der Waals surface area (Å²) in [6, 6.07) is 9.61. The smallest absolute Gasteiger partial charge is 0.108 e. The summed E-state index contributed by atoms with van der Waals surface area (Å²) in [6.45, 7) is 7.80. The number of benzene rings is 1. The molecule has 2 unspecified atom stereocenters. The number of nitrogens with one attached hydrogen (secondary N) is 1. The fraction of sp³-hybridized carbons (Fsp3) is 0.533. The van der Waals surface area contributed by atoms with Crippen LogP contribution in [-0.4, -0.2) is 35.1 Å². The number of nitrogens with zero attached hydrogens (tertiary/aromatic N) is 2. The lowest BCUT2D eigenvalue weighted by molar-refractivity contribution is 0.198. The molecule has 1 aliphatic rings. The Morgan fingerprint density at radius 3 is 3.05 bits per heavy atom. The normalized spacial score (nSPS) is 25.6. The summed E-state index contributed by atoms with van der Waals surface area (Å²) >= 11 is 1.83. The van der Waals surface area contributed by atoms with Gasteiger partial charge in [-0.25, -0.2) is 4.98 Å². The van der Waals surface area contributed by atoms with E-state index in [1.165, 1.54) is 16.1 Å². The fourth-order valence-corrected chi connectivity index (χ4v) is 3.69. The van der Waals surface area contributed by atoms with E-state index in [-0.39, 0.29) is 0 Å². The van der Waals surface area contributed by atoms with E-state index in [2.05, 4.69) is 48.3 Å². The van der Waals surface area contributed by atoms with Gasteiger partial charge in [0.15, 0.2) is 0 Å². The highest BCUT2D eigenvalue weighted by molar-refractivity contribution is 7.18. The number of hydrogen-bond donors (Lipinski definition) is 1. The topological polar surface area (TPSA) is 28.2 Å². The summed E-state index contributed by atoms with van der Waals surface area (Å²) in [5.41, 5.74) is 1.14. The number of fused-ring (bicyclic) bond motifs is 1. The van der Waals surface area contributed by atoms with Crippen molar-refractivity contribution in [3.05, 3.63) is 29.3 Å². The Kier molecular flexibility index (Phi) is 3.82. The van der Waals surface area contributed by atoms with E-state index in [0.717, 1.165) is 25.2 Å². The molecule has 0 saturated carbocycles. The molecule has 2 atom stereocenters. The Morgan fingerprint density at radius 1 is 1.37 bits per heavy atom. The first kappa shape index (κ1) is 13.0. The highest BCUT2D eigenvalue weighted by atomic mass is 32.1. The molecule has 3 nitrogen and oxygen atoms in total. The van der Waals surface area contributed by atoms with Crippen LogP contribution in [0, 0.1) is 0 Å². The Morgan fingerprint density at radius 2 is 2.21 bits per heavy atom. The molecule has 0 bridgehead atoms. The van der Waals surface area contributed by atoms with Gasteiger partial charge in [0.1, 0.15) is 5.01 Å². The molecule has 0 spiro atoms. The molecule has 0 radical (unpaired) electrons. The van der Waals surface area contributed by atoms with E-state index in [1.54, 1.807) is 0 Å². The molecule has 2 heterocycles. The van der Waals surface area contributed by atoms with Crippen LogP contribution >= 0.6 is 11.3 Å². The number of rotatable bonds is 2. The highest BCUT2D eigenvalue weighted by Gasteiger charge is 2.21. The van der Waals surface area contributed by atoms with E-state index in [1.807, 2.05) is 11.3 Å². The van der Waals surface area contributed by atoms with Gasteiger partial charge in [0.05, 0.1) is 16.8 Å². The van der Waals surface area contributed by atoms with Gasteiger partial charge in [-0.1, -0.05) is 12.1 Å². The number of thiazole rings is 1. The van der Waals surface area contributed by atoms with E-state index in [9.17, 15) is 0 Å². The summed E-state index contributed by atoms with van der Waals surface area (Å²) in [5.74, 6) is 0. The third-order valence-corrected chi connectivity index (χ3v) is 4.88. The van der Waals surface area contributed by atoms with Crippen LogP contribution in [0.25, 0.3) is 10.2 Å². The maximum Gasteiger partial charge on any atom is 0.108 e. The minimum Gasteiger partial charge on any atom is -0.313 e. The van der Waals surface area contributed by atoms with Crippen LogP contribution in [0.5, 0.6) is 0 Å². The van der Waals surface area contributed by atoms with Gasteiger partial charge < -0.3 is 5.32 Å². The second kappa shape index (κ2) is 5.57. The van der Waals surface area contributed by atoms with E-state index in [0.29, 0.717) is 12.1 Å². The average Bonchev–Trinajstić information content (AvgIpc) is 2.72. The molecule has 1 saturated heterocycles. The molecule has 2 aromatic rings. The molecule has 0 aliphatic carbocycles. The summed E-state index contributed by atoms with van der Waals surface area (Å²) < 4.78 is 1.30. The van der Waals surface area contributed by atoms with Crippen LogP contribution in [0.2, 0.25) is 0 Å². The van der Waals surface area contributed by atoms with Crippen molar-refractivity contribution in [2.45, 2.75) is 38.9 Å². The lowest BCUT2D eigenvalue weighted by Gasteiger charge is -2.26. The summed E-state index contributed by atoms with van der Waals surface area (Å²) in [4.78, 5) is 7.31. The summed E-state index contributed by atoms with van der Waals surface area (Å²) in [6.07, 6.45) is 1.22. The van der Waals surface area contributed by atoms with Crippen molar-refractivity contribution in [1.82, 2.24) is 15.2 Å². The first-order valence-corrected chi connectivity index (χ1v) is 7.86. The summed E-state index contributed by atoms with van der Waals surface area (Å²) in [5, 5.41) is 4.80. The molecule has 0 amide bonds. The third-order valence-electron chi connectivity index (χ3n) is 3.86. The van der Waals surface area contributed by atoms with Gasteiger partial charge in [0.25, 0.3) is 0 Å². The quantitative estimate of drug-likeness (QED) is 0.913. The maximum atomic E-state index is 4.75. The molecule has 3 rings (SSSR count). The average molecular weight is 275 g/mol. The van der Waals surface area contributed by atoms with Crippen molar-refractivity contribution in [1.29, 1.82) is 0 Å². The standard InChI is InChI=1S/C15H21N3S/c1-11-9-18(12(2)7-8-16-11)10-15-17-13-5-3-4-6-14(13)19-15/h3-6,11-12,16H,7-10H2,1-2H3. The molecule has 19 heavy (non-hydrogen) atoms. The van der Waals surface area contributed by atoms with Crippen molar-refractivity contribution >= 4 is 21.6 Å². The molecule has 1 aromatic heterocycles. The molecular formula is C15H21N3S. The molecule has 102 valence electrons. The zero-order chi connectivity index (χ0) is 13.2. The Labute approximate surface area is 118 Å². The van der Waals surface area contributed by atoms with Gasteiger partial charge in [-0.15, -0.1) is 11.3 Å².